The van der Waals surface area contributed by atoms with Gasteiger partial charge in [-0.15, -0.1) is 0 Å². The molecule has 1 unspecified atom stereocenters. The second-order valence-corrected chi connectivity index (χ2v) is 8.94. The summed E-state index contributed by atoms with van der Waals surface area (Å²) < 4.78 is 18.4. The highest BCUT2D eigenvalue weighted by atomic mass is 79.9. The molecule has 1 heterocycles. The maximum absolute atomic E-state index is 13.9. The standard InChI is InChI=1S/C26H32BrN3O5/c1-6-7-12-23(31)29(13-14-33-3)17(2)25-28-20-11-9-8-10-19(20)26(32)30(25)21-15-18(34-4)16-22(35-5)24(21)27/h8-11,15-17H,6-7,12-14H2,1-5H3. The lowest BCUT2D eigenvalue weighted by Gasteiger charge is -2.31. The number of para-hydroxylation sites is 1. The second kappa shape index (κ2) is 12.2. The Morgan fingerprint density at radius 1 is 1.17 bits per heavy atom. The quantitative estimate of drug-likeness (QED) is 0.341. The number of amides is 1. The molecule has 188 valence electrons. The van der Waals surface area contributed by atoms with Gasteiger partial charge in [0.25, 0.3) is 5.56 Å². The topological polar surface area (TPSA) is 82.9 Å². The Morgan fingerprint density at radius 2 is 1.91 bits per heavy atom. The van der Waals surface area contributed by atoms with Gasteiger partial charge in [0.05, 0.1) is 47.9 Å². The minimum Gasteiger partial charge on any atom is -0.497 e. The third kappa shape index (κ3) is 5.67. The number of fused-ring (bicyclic) bond motifs is 1. The third-order valence-electron chi connectivity index (χ3n) is 5.93. The van der Waals surface area contributed by atoms with Crippen molar-refractivity contribution in [3.63, 3.8) is 0 Å². The van der Waals surface area contributed by atoms with Crippen LogP contribution in [0.5, 0.6) is 11.5 Å². The molecular formula is C26H32BrN3O5. The van der Waals surface area contributed by atoms with Crippen LogP contribution < -0.4 is 15.0 Å². The van der Waals surface area contributed by atoms with Crippen molar-refractivity contribution in [2.24, 2.45) is 0 Å². The Balaban J connectivity index is 2.30. The van der Waals surface area contributed by atoms with Crippen LogP contribution in [0.2, 0.25) is 0 Å². The van der Waals surface area contributed by atoms with E-state index in [1.54, 1.807) is 56.6 Å². The number of hydrogen-bond acceptors (Lipinski definition) is 6. The van der Waals surface area contributed by atoms with E-state index in [0.29, 0.717) is 58.0 Å². The number of rotatable bonds is 11. The van der Waals surface area contributed by atoms with Crippen molar-refractivity contribution in [1.29, 1.82) is 0 Å². The van der Waals surface area contributed by atoms with E-state index >= 15 is 0 Å². The van der Waals surface area contributed by atoms with Crippen LogP contribution in [0.25, 0.3) is 16.6 Å². The summed E-state index contributed by atoms with van der Waals surface area (Å²) >= 11 is 3.60. The molecule has 1 aromatic heterocycles. The lowest BCUT2D eigenvalue weighted by molar-refractivity contribution is -0.134. The molecular weight excluding hydrogens is 514 g/mol. The maximum atomic E-state index is 13.9. The van der Waals surface area contributed by atoms with E-state index in [-0.39, 0.29) is 11.5 Å². The average molecular weight is 546 g/mol. The Hall–Kier alpha value is -2.91. The fraction of sp³-hybridized carbons (Fsp3) is 0.423. The van der Waals surface area contributed by atoms with E-state index < -0.39 is 6.04 Å². The maximum Gasteiger partial charge on any atom is 0.266 e. The Labute approximate surface area is 213 Å². The van der Waals surface area contributed by atoms with E-state index in [1.807, 2.05) is 19.9 Å². The summed E-state index contributed by atoms with van der Waals surface area (Å²) in [6, 6.07) is 10.2. The van der Waals surface area contributed by atoms with Crippen LogP contribution >= 0.6 is 15.9 Å². The van der Waals surface area contributed by atoms with Crippen molar-refractivity contribution < 1.29 is 19.0 Å². The molecule has 3 rings (SSSR count). The Morgan fingerprint density at radius 3 is 2.57 bits per heavy atom. The molecule has 0 saturated heterocycles. The minimum atomic E-state index is -0.504. The highest BCUT2D eigenvalue weighted by Crippen LogP contribution is 2.37. The molecule has 1 atom stereocenters. The number of halogens is 1. The van der Waals surface area contributed by atoms with Crippen LogP contribution in [0, 0.1) is 0 Å². The zero-order valence-corrected chi connectivity index (χ0v) is 22.4. The van der Waals surface area contributed by atoms with Crippen molar-refractivity contribution >= 4 is 32.7 Å². The average Bonchev–Trinajstić information content (AvgIpc) is 2.87. The van der Waals surface area contributed by atoms with Crippen molar-refractivity contribution in [3.8, 4) is 17.2 Å². The molecule has 0 radical (unpaired) electrons. The monoisotopic (exact) mass is 545 g/mol. The van der Waals surface area contributed by atoms with Gasteiger partial charge in [-0.3, -0.25) is 14.2 Å². The van der Waals surface area contributed by atoms with Gasteiger partial charge < -0.3 is 19.1 Å². The Bertz CT molecular complexity index is 1240. The zero-order chi connectivity index (χ0) is 25.5. The molecule has 35 heavy (non-hydrogen) atoms. The fourth-order valence-corrected chi connectivity index (χ4v) is 4.55. The van der Waals surface area contributed by atoms with Crippen LogP contribution in [-0.4, -0.2) is 54.8 Å². The van der Waals surface area contributed by atoms with Crippen LogP contribution in [0.4, 0.5) is 0 Å². The smallest absolute Gasteiger partial charge is 0.266 e. The van der Waals surface area contributed by atoms with Gasteiger partial charge in [-0.1, -0.05) is 25.5 Å². The number of benzene rings is 2. The van der Waals surface area contributed by atoms with Gasteiger partial charge in [0, 0.05) is 32.2 Å². The lowest BCUT2D eigenvalue weighted by atomic mass is 10.1. The summed E-state index contributed by atoms with van der Waals surface area (Å²) in [6.07, 6.45) is 2.11. The highest BCUT2D eigenvalue weighted by molar-refractivity contribution is 9.10. The van der Waals surface area contributed by atoms with Gasteiger partial charge in [-0.2, -0.15) is 0 Å². The first-order valence-corrected chi connectivity index (χ1v) is 12.4. The number of carbonyl (C=O) groups is 1. The number of nitrogens with zero attached hydrogens (tertiary/aromatic N) is 3. The van der Waals surface area contributed by atoms with Crippen LogP contribution in [-0.2, 0) is 9.53 Å². The number of ether oxygens (including phenoxy) is 3. The first-order valence-electron chi connectivity index (χ1n) is 11.6. The molecule has 3 aromatic rings. The van der Waals surface area contributed by atoms with Gasteiger partial charge in [0.2, 0.25) is 5.91 Å². The van der Waals surface area contributed by atoms with Gasteiger partial charge >= 0.3 is 0 Å². The van der Waals surface area contributed by atoms with Gasteiger partial charge in [-0.05, 0) is 41.4 Å². The van der Waals surface area contributed by atoms with E-state index in [2.05, 4.69) is 15.9 Å². The summed E-state index contributed by atoms with van der Waals surface area (Å²) in [7, 11) is 4.70. The molecule has 0 fully saturated rings. The molecule has 9 heteroatoms. The van der Waals surface area contributed by atoms with E-state index in [9.17, 15) is 9.59 Å². The number of methoxy groups -OCH3 is 3. The SMILES string of the molecule is CCCCC(=O)N(CCOC)C(C)c1nc2ccccc2c(=O)n1-c1cc(OC)cc(OC)c1Br. The lowest BCUT2D eigenvalue weighted by Crippen LogP contribution is -2.39. The largest absolute Gasteiger partial charge is 0.497 e. The number of carbonyl (C=O) groups excluding carboxylic acids is 1. The zero-order valence-electron chi connectivity index (χ0n) is 20.8. The molecule has 0 aliphatic carbocycles. The summed E-state index contributed by atoms with van der Waals surface area (Å²) in [6.45, 7) is 4.69. The highest BCUT2D eigenvalue weighted by Gasteiger charge is 2.28. The van der Waals surface area contributed by atoms with Crippen molar-refractivity contribution in [1.82, 2.24) is 14.5 Å². The molecule has 0 N–H and O–H groups in total. The third-order valence-corrected chi connectivity index (χ3v) is 6.73. The van der Waals surface area contributed by atoms with Gasteiger partial charge in [-0.25, -0.2) is 4.98 Å². The summed E-state index contributed by atoms with van der Waals surface area (Å²) in [5.41, 5.74) is 0.828. The van der Waals surface area contributed by atoms with Crippen molar-refractivity contribution in [2.45, 2.75) is 39.2 Å². The van der Waals surface area contributed by atoms with Crippen LogP contribution in [0.15, 0.2) is 45.7 Å². The number of unbranched alkanes of at least 4 members (excludes halogenated alkanes) is 1. The van der Waals surface area contributed by atoms with E-state index in [0.717, 1.165) is 12.8 Å². The molecule has 8 nitrogen and oxygen atoms in total. The first kappa shape index (κ1) is 26.7. The number of aromatic nitrogens is 2. The van der Waals surface area contributed by atoms with Gasteiger partial charge in [0.15, 0.2) is 0 Å². The summed E-state index contributed by atoms with van der Waals surface area (Å²) in [5, 5.41) is 0.470. The van der Waals surface area contributed by atoms with E-state index in [1.165, 1.54) is 4.57 Å². The normalized spacial score (nSPS) is 11.9. The number of hydrogen-bond donors (Lipinski definition) is 0. The second-order valence-electron chi connectivity index (χ2n) is 8.15. The summed E-state index contributed by atoms with van der Waals surface area (Å²) in [5.74, 6) is 1.46. The molecule has 1 amide bonds. The Kier molecular flexibility index (Phi) is 9.28. The molecule has 0 aliphatic heterocycles. The molecule has 0 bridgehead atoms. The first-order chi connectivity index (χ1) is 16.9. The predicted molar refractivity (Wildman–Crippen MR) is 140 cm³/mol. The van der Waals surface area contributed by atoms with Gasteiger partial charge in [0.1, 0.15) is 17.3 Å². The predicted octanol–water partition coefficient (Wildman–Crippen LogP) is 4.89. The van der Waals surface area contributed by atoms with Crippen molar-refractivity contribution in [2.75, 3.05) is 34.5 Å². The molecule has 0 spiro atoms. The fourth-order valence-electron chi connectivity index (χ4n) is 3.99. The molecule has 0 saturated carbocycles. The van der Waals surface area contributed by atoms with Crippen LogP contribution in [0.3, 0.4) is 0 Å². The molecule has 2 aromatic carbocycles. The minimum absolute atomic E-state index is 0.00681. The van der Waals surface area contributed by atoms with Crippen LogP contribution in [0.1, 0.15) is 45.0 Å². The molecule has 0 aliphatic rings. The van der Waals surface area contributed by atoms with E-state index in [4.69, 9.17) is 19.2 Å². The van der Waals surface area contributed by atoms with Crippen molar-refractivity contribution in [3.05, 3.63) is 57.0 Å². The summed E-state index contributed by atoms with van der Waals surface area (Å²) in [4.78, 5) is 33.7.